The third kappa shape index (κ3) is 7.18. The molecule has 0 bridgehead atoms. The lowest BCUT2D eigenvalue weighted by Gasteiger charge is -2.33. The fraction of sp³-hybridized carbons (Fsp3) is 0.455. The molecule has 1 amide bonds. The molecule has 1 aromatic carbocycles. The van der Waals surface area contributed by atoms with Crippen LogP contribution in [0.5, 0.6) is 0 Å². The van der Waals surface area contributed by atoms with Crippen LogP contribution in [0.25, 0.3) is 0 Å². The van der Waals surface area contributed by atoms with Gasteiger partial charge >= 0.3 is 0 Å². The average Bonchev–Trinajstić information content (AvgIpc) is 3.29. The number of likely N-dealkylation sites (tertiary alicyclic amines) is 1. The highest BCUT2D eigenvalue weighted by atomic mass is 32.1. The van der Waals surface area contributed by atoms with E-state index in [1.54, 1.807) is 7.05 Å². The van der Waals surface area contributed by atoms with E-state index < -0.39 is 0 Å². The Labute approximate surface area is 177 Å². The molecule has 2 heterocycles. The first-order valence-electron chi connectivity index (χ1n) is 10.3. The number of guanidine groups is 1. The minimum absolute atomic E-state index is 0.00442. The largest absolute Gasteiger partial charge is 0.356 e. The molecule has 0 radical (unpaired) electrons. The zero-order valence-electron chi connectivity index (χ0n) is 17.1. The topological polar surface area (TPSA) is 68.8 Å². The first kappa shape index (κ1) is 21.3. The van der Waals surface area contributed by atoms with E-state index in [0.29, 0.717) is 12.6 Å². The number of piperidine rings is 1. The number of carbonyl (C=O) groups excluding carboxylic acids is 1. The smallest absolute Gasteiger partial charge is 0.261 e. The summed E-state index contributed by atoms with van der Waals surface area (Å²) in [6.45, 7) is 4.64. The van der Waals surface area contributed by atoms with Crippen LogP contribution in [0.1, 0.15) is 34.5 Å². The molecular formula is C22H31N5OS. The summed E-state index contributed by atoms with van der Waals surface area (Å²) in [5, 5.41) is 11.8. The van der Waals surface area contributed by atoms with Gasteiger partial charge in [0.05, 0.1) is 4.88 Å². The van der Waals surface area contributed by atoms with Crippen molar-refractivity contribution in [3.05, 3.63) is 58.3 Å². The monoisotopic (exact) mass is 413 g/mol. The number of thiophene rings is 1. The Bertz CT molecular complexity index is 755. The van der Waals surface area contributed by atoms with Gasteiger partial charge in [0.1, 0.15) is 0 Å². The summed E-state index contributed by atoms with van der Waals surface area (Å²) < 4.78 is 0. The van der Waals surface area contributed by atoms with Crippen LogP contribution in [0.2, 0.25) is 0 Å². The molecule has 1 fully saturated rings. The van der Waals surface area contributed by atoms with Crippen LogP contribution in [0.15, 0.2) is 52.8 Å². The summed E-state index contributed by atoms with van der Waals surface area (Å²) in [4.78, 5) is 19.5. The number of rotatable bonds is 8. The number of hydrogen-bond donors (Lipinski definition) is 3. The summed E-state index contributed by atoms with van der Waals surface area (Å²) in [6.07, 6.45) is 3.09. The maximum absolute atomic E-state index is 11.9. The van der Waals surface area contributed by atoms with Gasteiger partial charge in [-0.15, -0.1) is 11.3 Å². The van der Waals surface area contributed by atoms with E-state index in [-0.39, 0.29) is 5.91 Å². The van der Waals surface area contributed by atoms with Crippen LogP contribution in [-0.4, -0.2) is 56.0 Å². The molecule has 0 spiro atoms. The molecule has 7 heteroatoms. The molecule has 1 aliphatic rings. The molecule has 1 saturated heterocycles. The molecule has 6 nitrogen and oxygen atoms in total. The lowest BCUT2D eigenvalue weighted by Crippen LogP contribution is -2.48. The highest BCUT2D eigenvalue weighted by Crippen LogP contribution is 2.13. The van der Waals surface area contributed by atoms with Crippen LogP contribution < -0.4 is 16.0 Å². The summed E-state index contributed by atoms with van der Waals surface area (Å²) in [7, 11) is 1.80. The van der Waals surface area contributed by atoms with E-state index in [1.807, 2.05) is 17.5 Å². The molecule has 0 unspecified atom stereocenters. The molecule has 0 aliphatic carbocycles. The number of nitrogens with zero attached hydrogens (tertiary/aromatic N) is 2. The summed E-state index contributed by atoms with van der Waals surface area (Å²) in [5.41, 5.74) is 1.38. The van der Waals surface area contributed by atoms with Crippen LogP contribution in [0.3, 0.4) is 0 Å². The Morgan fingerprint density at radius 2 is 1.86 bits per heavy atom. The molecule has 2 aromatic rings. The molecule has 29 heavy (non-hydrogen) atoms. The van der Waals surface area contributed by atoms with E-state index >= 15 is 0 Å². The van der Waals surface area contributed by atoms with Gasteiger partial charge in [-0.05, 0) is 36.3 Å². The van der Waals surface area contributed by atoms with Gasteiger partial charge in [0.2, 0.25) is 0 Å². The lowest BCUT2D eigenvalue weighted by atomic mass is 10.0. The van der Waals surface area contributed by atoms with Crippen molar-refractivity contribution in [2.75, 3.05) is 33.2 Å². The summed E-state index contributed by atoms with van der Waals surface area (Å²) >= 11 is 1.46. The summed E-state index contributed by atoms with van der Waals surface area (Å²) in [5.74, 6) is 0.848. The van der Waals surface area contributed by atoms with Gasteiger partial charge in [-0.25, -0.2) is 0 Å². The van der Waals surface area contributed by atoms with Crippen LogP contribution in [-0.2, 0) is 6.54 Å². The maximum Gasteiger partial charge on any atom is 0.261 e. The minimum atomic E-state index is 0.00442. The Morgan fingerprint density at radius 3 is 2.55 bits per heavy atom. The molecule has 3 rings (SSSR count). The van der Waals surface area contributed by atoms with Crippen molar-refractivity contribution in [1.29, 1.82) is 0 Å². The highest BCUT2D eigenvalue weighted by Gasteiger charge is 2.19. The maximum atomic E-state index is 11.9. The second-order valence-electron chi connectivity index (χ2n) is 7.27. The van der Waals surface area contributed by atoms with Crippen molar-refractivity contribution in [3.63, 3.8) is 0 Å². The van der Waals surface area contributed by atoms with E-state index in [2.05, 4.69) is 56.2 Å². The van der Waals surface area contributed by atoms with Gasteiger partial charge in [0, 0.05) is 45.8 Å². The minimum Gasteiger partial charge on any atom is -0.356 e. The second kappa shape index (κ2) is 11.6. The van der Waals surface area contributed by atoms with Crippen molar-refractivity contribution >= 4 is 23.2 Å². The number of benzene rings is 1. The number of amides is 1. The molecule has 3 N–H and O–H groups in total. The Kier molecular flexibility index (Phi) is 8.52. The van der Waals surface area contributed by atoms with Gasteiger partial charge < -0.3 is 16.0 Å². The second-order valence-corrected chi connectivity index (χ2v) is 8.21. The van der Waals surface area contributed by atoms with Gasteiger partial charge in [-0.2, -0.15) is 0 Å². The Balaban J connectivity index is 1.29. The van der Waals surface area contributed by atoms with Gasteiger partial charge in [-0.3, -0.25) is 14.7 Å². The van der Waals surface area contributed by atoms with Crippen molar-refractivity contribution in [2.45, 2.75) is 31.8 Å². The first-order valence-corrected chi connectivity index (χ1v) is 11.2. The van der Waals surface area contributed by atoms with Crippen molar-refractivity contribution in [3.8, 4) is 0 Å². The van der Waals surface area contributed by atoms with Gasteiger partial charge in [0.15, 0.2) is 5.96 Å². The predicted molar refractivity (Wildman–Crippen MR) is 121 cm³/mol. The van der Waals surface area contributed by atoms with Gasteiger partial charge in [-0.1, -0.05) is 36.4 Å². The Hall–Kier alpha value is -2.38. The normalized spacial score (nSPS) is 15.8. The van der Waals surface area contributed by atoms with Crippen molar-refractivity contribution in [1.82, 2.24) is 20.9 Å². The molecule has 0 saturated carbocycles. The van der Waals surface area contributed by atoms with E-state index in [1.165, 1.54) is 16.9 Å². The van der Waals surface area contributed by atoms with Crippen molar-refractivity contribution < 1.29 is 4.79 Å². The third-order valence-electron chi connectivity index (χ3n) is 5.08. The SMILES string of the molecule is CN=C(NCCCNC(=O)c1cccs1)NC1CCN(Cc2ccccc2)CC1. The molecule has 0 atom stereocenters. The number of carbonyl (C=O) groups is 1. The fourth-order valence-electron chi connectivity index (χ4n) is 3.46. The quantitative estimate of drug-likeness (QED) is 0.354. The van der Waals surface area contributed by atoms with Crippen LogP contribution in [0, 0.1) is 0 Å². The van der Waals surface area contributed by atoms with E-state index in [4.69, 9.17) is 0 Å². The predicted octanol–water partition coefficient (Wildman–Crippen LogP) is 2.70. The van der Waals surface area contributed by atoms with Crippen molar-refractivity contribution in [2.24, 2.45) is 4.99 Å². The molecule has 1 aliphatic heterocycles. The van der Waals surface area contributed by atoms with E-state index in [9.17, 15) is 4.79 Å². The average molecular weight is 414 g/mol. The first-order chi connectivity index (χ1) is 14.2. The standard InChI is InChI=1S/C22H31N5OS/c1-23-22(25-13-6-12-24-21(28)20-9-5-16-29-20)26-19-10-14-27(15-11-19)17-18-7-3-2-4-8-18/h2-5,7-9,16,19H,6,10-15,17H2,1H3,(H,24,28)(H2,23,25,26). The summed E-state index contributed by atoms with van der Waals surface area (Å²) in [6, 6.07) is 14.8. The number of nitrogens with one attached hydrogen (secondary N) is 3. The fourth-order valence-corrected chi connectivity index (χ4v) is 4.10. The third-order valence-corrected chi connectivity index (χ3v) is 5.95. The number of hydrogen-bond acceptors (Lipinski definition) is 4. The zero-order valence-corrected chi connectivity index (χ0v) is 17.9. The lowest BCUT2D eigenvalue weighted by molar-refractivity contribution is 0.0957. The number of aliphatic imine (C=N–C) groups is 1. The van der Waals surface area contributed by atoms with E-state index in [0.717, 1.165) is 56.3 Å². The molecule has 1 aromatic heterocycles. The van der Waals surface area contributed by atoms with Crippen LogP contribution >= 0.6 is 11.3 Å². The zero-order chi connectivity index (χ0) is 20.3. The molecular weight excluding hydrogens is 382 g/mol. The van der Waals surface area contributed by atoms with Gasteiger partial charge in [0.25, 0.3) is 5.91 Å². The highest BCUT2D eigenvalue weighted by molar-refractivity contribution is 7.12. The molecule has 156 valence electrons. The Morgan fingerprint density at radius 1 is 1.10 bits per heavy atom. The van der Waals surface area contributed by atoms with Crippen LogP contribution in [0.4, 0.5) is 0 Å².